The topological polar surface area (TPSA) is 73.4 Å². The lowest BCUT2D eigenvalue weighted by molar-refractivity contribution is 0.0514. The summed E-state index contributed by atoms with van der Waals surface area (Å²) in [5.41, 5.74) is 1.38. The number of ether oxygens (including phenoxy) is 3. The SMILES string of the molecule is CCOC(=O)c1nc2cc3c(cc2[nH]1)OCCO3. The quantitative estimate of drug-likeness (QED) is 0.815. The molecule has 0 bridgehead atoms. The van der Waals surface area contributed by atoms with E-state index in [9.17, 15) is 4.79 Å². The number of H-pyrrole nitrogens is 1. The normalized spacial score (nSPS) is 13.6. The van der Waals surface area contributed by atoms with Crippen molar-refractivity contribution >= 4 is 17.0 Å². The van der Waals surface area contributed by atoms with Crippen molar-refractivity contribution in [2.24, 2.45) is 0 Å². The van der Waals surface area contributed by atoms with Gasteiger partial charge in [0.2, 0.25) is 5.82 Å². The standard InChI is InChI=1S/C12H12N2O4/c1-2-16-12(15)11-13-7-5-9-10(6-8(7)14-11)18-4-3-17-9/h5-6H,2-4H2,1H3,(H,13,14). The molecule has 6 nitrogen and oxygen atoms in total. The van der Waals surface area contributed by atoms with Crippen LogP contribution in [0.3, 0.4) is 0 Å². The fraction of sp³-hybridized carbons (Fsp3) is 0.333. The summed E-state index contributed by atoms with van der Waals surface area (Å²) in [4.78, 5) is 18.6. The summed E-state index contributed by atoms with van der Waals surface area (Å²) >= 11 is 0. The van der Waals surface area contributed by atoms with Crippen molar-refractivity contribution in [3.05, 3.63) is 18.0 Å². The first-order valence-corrected chi connectivity index (χ1v) is 5.74. The van der Waals surface area contributed by atoms with Crippen LogP contribution in [0, 0.1) is 0 Å². The smallest absolute Gasteiger partial charge is 0.374 e. The van der Waals surface area contributed by atoms with Crippen LogP contribution in [0.4, 0.5) is 0 Å². The maximum atomic E-state index is 11.6. The van der Waals surface area contributed by atoms with Gasteiger partial charge in [0.1, 0.15) is 13.2 Å². The van der Waals surface area contributed by atoms with Gasteiger partial charge in [-0.1, -0.05) is 0 Å². The van der Waals surface area contributed by atoms with E-state index in [1.54, 1.807) is 19.1 Å². The zero-order chi connectivity index (χ0) is 12.5. The number of esters is 1. The number of nitrogens with zero attached hydrogens (tertiary/aromatic N) is 1. The van der Waals surface area contributed by atoms with Crippen molar-refractivity contribution in [3.63, 3.8) is 0 Å². The maximum Gasteiger partial charge on any atom is 0.374 e. The van der Waals surface area contributed by atoms with Crippen LogP contribution < -0.4 is 9.47 Å². The summed E-state index contributed by atoms with van der Waals surface area (Å²) in [5.74, 6) is 1.03. The van der Waals surface area contributed by atoms with Crippen LogP contribution in [-0.4, -0.2) is 35.8 Å². The minimum atomic E-state index is -0.464. The molecule has 1 aliphatic heterocycles. The summed E-state index contributed by atoms with van der Waals surface area (Å²) in [6, 6.07) is 3.53. The van der Waals surface area contributed by atoms with E-state index in [2.05, 4.69) is 9.97 Å². The largest absolute Gasteiger partial charge is 0.486 e. The monoisotopic (exact) mass is 248 g/mol. The van der Waals surface area contributed by atoms with E-state index in [0.717, 1.165) is 5.52 Å². The average Bonchev–Trinajstić information content (AvgIpc) is 2.79. The first kappa shape index (κ1) is 10.9. The van der Waals surface area contributed by atoms with Gasteiger partial charge in [-0.2, -0.15) is 0 Å². The highest BCUT2D eigenvalue weighted by Gasteiger charge is 2.17. The molecule has 2 aromatic rings. The van der Waals surface area contributed by atoms with Crippen molar-refractivity contribution in [2.75, 3.05) is 19.8 Å². The van der Waals surface area contributed by atoms with Gasteiger partial charge in [-0.25, -0.2) is 9.78 Å². The van der Waals surface area contributed by atoms with Gasteiger partial charge in [-0.3, -0.25) is 0 Å². The van der Waals surface area contributed by atoms with Gasteiger partial charge in [0.05, 0.1) is 17.6 Å². The molecule has 0 aliphatic carbocycles. The van der Waals surface area contributed by atoms with Crippen LogP contribution in [0.15, 0.2) is 12.1 Å². The second-order valence-electron chi connectivity index (χ2n) is 3.82. The molecule has 0 saturated carbocycles. The second kappa shape index (κ2) is 4.21. The highest BCUT2D eigenvalue weighted by atomic mass is 16.6. The van der Waals surface area contributed by atoms with E-state index in [1.165, 1.54) is 0 Å². The molecule has 0 amide bonds. The molecule has 18 heavy (non-hydrogen) atoms. The predicted octanol–water partition coefficient (Wildman–Crippen LogP) is 1.51. The number of hydrogen-bond donors (Lipinski definition) is 1. The van der Waals surface area contributed by atoms with Crippen molar-refractivity contribution in [3.8, 4) is 11.5 Å². The third kappa shape index (κ3) is 1.75. The van der Waals surface area contributed by atoms with Gasteiger partial charge in [0.25, 0.3) is 0 Å². The van der Waals surface area contributed by atoms with Crippen LogP contribution in [-0.2, 0) is 4.74 Å². The number of aromatic nitrogens is 2. The van der Waals surface area contributed by atoms with Crippen LogP contribution >= 0.6 is 0 Å². The van der Waals surface area contributed by atoms with E-state index in [0.29, 0.717) is 36.8 Å². The highest BCUT2D eigenvalue weighted by Crippen LogP contribution is 2.33. The Balaban J connectivity index is 2.04. The Morgan fingerprint density at radius 2 is 2.11 bits per heavy atom. The number of rotatable bonds is 2. The first-order valence-electron chi connectivity index (χ1n) is 5.74. The lowest BCUT2D eigenvalue weighted by Crippen LogP contribution is -2.15. The Kier molecular flexibility index (Phi) is 2.55. The van der Waals surface area contributed by atoms with Gasteiger partial charge in [-0.15, -0.1) is 0 Å². The molecular weight excluding hydrogens is 236 g/mol. The van der Waals surface area contributed by atoms with Crippen molar-refractivity contribution < 1.29 is 19.0 Å². The number of imidazole rings is 1. The summed E-state index contributed by atoms with van der Waals surface area (Å²) < 4.78 is 15.8. The van der Waals surface area contributed by atoms with Gasteiger partial charge in [-0.05, 0) is 6.92 Å². The molecule has 1 aromatic heterocycles. The Hall–Kier alpha value is -2.24. The molecule has 0 atom stereocenters. The molecule has 0 radical (unpaired) electrons. The third-order valence-electron chi connectivity index (χ3n) is 2.61. The number of carbonyl (C=O) groups excluding carboxylic acids is 1. The van der Waals surface area contributed by atoms with E-state index in [-0.39, 0.29) is 5.82 Å². The second-order valence-corrected chi connectivity index (χ2v) is 3.82. The maximum absolute atomic E-state index is 11.6. The number of carbonyl (C=O) groups is 1. The average molecular weight is 248 g/mol. The van der Waals surface area contributed by atoms with Crippen LogP contribution in [0.2, 0.25) is 0 Å². The number of nitrogens with one attached hydrogen (secondary N) is 1. The molecular formula is C12H12N2O4. The van der Waals surface area contributed by atoms with Gasteiger partial charge in [0, 0.05) is 12.1 Å². The zero-order valence-corrected chi connectivity index (χ0v) is 9.86. The lowest BCUT2D eigenvalue weighted by atomic mass is 10.2. The van der Waals surface area contributed by atoms with Crippen LogP contribution in [0.5, 0.6) is 11.5 Å². The van der Waals surface area contributed by atoms with Crippen molar-refractivity contribution in [1.29, 1.82) is 0 Å². The fourth-order valence-corrected chi connectivity index (χ4v) is 1.84. The number of benzene rings is 1. The van der Waals surface area contributed by atoms with E-state index < -0.39 is 5.97 Å². The minimum Gasteiger partial charge on any atom is -0.486 e. The molecule has 0 spiro atoms. The molecule has 2 heterocycles. The fourth-order valence-electron chi connectivity index (χ4n) is 1.84. The molecule has 94 valence electrons. The van der Waals surface area contributed by atoms with Gasteiger partial charge < -0.3 is 19.2 Å². The summed E-state index contributed by atoms with van der Waals surface area (Å²) in [7, 11) is 0. The van der Waals surface area contributed by atoms with E-state index in [4.69, 9.17) is 14.2 Å². The first-order chi connectivity index (χ1) is 8.78. The molecule has 0 saturated heterocycles. The number of hydrogen-bond acceptors (Lipinski definition) is 5. The Labute approximate surface area is 103 Å². The summed E-state index contributed by atoms with van der Waals surface area (Å²) in [5, 5.41) is 0. The molecule has 0 unspecified atom stereocenters. The zero-order valence-electron chi connectivity index (χ0n) is 9.86. The number of fused-ring (bicyclic) bond motifs is 2. The van der Waals surface area contributed by atoms with Gasteiger partial charge in [0.15, 0.2) is 11.5 Å². The molecule has 1 aromatic carbocycles. The highest BCUT2D eigenvalue weighted by molar-refractivity contribution is 5.91. The van der Waals surface area contributed by atoms with E-state index in [1.807, 2.05) is 0 Å². The van der Waals surface area contributed by atoms with E-state index >= 15 is 0 Å². The summed E-state index contributed by atoms with van der Waals surface area (Å²) in [6.07, 6.45) is 0. The predicted molar refractivity (Wildman–Crippen MR) is 63.0 cm³/mol. The summed E-state index contributed by atoms with van der Waals surface area (Å²) in [6.45, 7) is 3.12. The Morgan fingerprint density at radius 3 is 2.83 bits per heavy atom. The molecule has 3 rings (SSSR count). The van der Waals surface area contributed by atoms with Crippen molar-refractivity contribution in [2.45, 2.75) is 6.92 Å². The molecule has 6 heteroatoms. The minimum absolute atomic E-state index is 0.189. The van der Waals surface area contributed by atoms with Crippen LogP contribution in [0.1, 0.15) is 17.5 Å². The lowest BCUT2D eigenvalue weighted by Gasteiger charge is -2.17. The molecule has 0 fully saturated rings. The third-order valence-corrected chi connectivity index (χ3v) is 2.61. The van der Waals surface area contributed by atoms with Crippen LogP contribution in [0.25, 0.3) is 11.0 Å². The Bertz CT molecular complexity index is 562. The molecule has 1 aliphatic rings. The Morgan fingerprint density at radius 1 is 1.39 bits per heavy atom. The van der Waals surface area contributed by atoms with Crippen molar-refractivity contribution in [1.82, 2.24) is 9.97 Å². The number of aromatic amines is 1. The molecule has 1 N–H and O–H groups in total. The van der Waals surface area contributed by atoms with Gasteiger partial charge >= 0.3 is 5.97 Å².